The Morgan fingerprint density at radius 1 is 1.24 bits per heavy atom. The topological polar surface area (TPSA) is 24.4 Å². The van der Waals surface area contributed by atoms with Crippen LogP contribution in [0.15, 0.2) is 29.3 Å². The molecule has 2 nitrogen and oxygen atoms in total. The maximum absolute atomic E-state index is 4.72. The number of hydrogen-bond donors (Lipinski definition) is 1. The van der Waals surface area contributed by atoms with E-state index in [1.165, 1.54) is 25.1 Å². The summed E-state index contributed by atoms with van der Waals surface area (Å²) < 4.78 is 0. The fraction of sp³-hybridized carbons (Fsp3) is 0.533. The van der Waals surface area contributed by atoms with E-state index in [0.717, 1.165) is 13.1 Å². The van der Waals surface area contributed by atoms with Crippen LogP contribution in [0.5, 0.6) is 0 Å². The van der Waals surface area contributed by atoms with Crippen molar-refractivity contribution in [2.24, 2.45) is 10.4 Å². The van der Waals surface area contributed by atoms with E-state index in [1.807, 2.05) is 0 Å². The van der Waals surface area contributed by atoms with Crippen LogP contribution in [-0.2, 0) is 11.8 Å². The van der Waals surface area contributed by atoms with Gasteiger partial charge in [0.25, 0.3) is 0 Å². The van der Waals surface area contributed by atoms with Crippen LogP contribution in [-0.4, -0.2) is 18.9 Å². The highest BCUT2D eigenvalue weighted by atomic mass is 15.1. The summed E-state index contributed by atoms with van der Waals surface area (Å²) in [5.74, 6) is 1.29. The third kappa shape index (κ3) is 0.958. The summed E-state index contributed by atoms with van der Waals surface area (Å²) in [6.45, 7) is 4.43. The zero-order chi connectivity index (χ0) is 11.5. The molecule has 0 amide bonds. The predicted octanol–water partition coefficient (Wildman–Crippen LogP) is 2.28. The standard InChI is InChI=1S/C15H18N2/c1-14-6-7-15(14,13-16-8-9-17-13)10-11-4-2-3-5-12(11)14/h2-5H,6-10H2,1H3,(H,16,17)/t14-,15+/m1/s1. The highest BCUT2D eigenvalue weighted by molar-refractivity contribution is 5.93. The molecule has 0 saturated heterocycles. The van der Waals surface area contributed by atoms with Crippen molar-refractivity contribution in [1.82, 2.24) is 5.32 Å². The number of nitrogens with one attached hydrogen (secondary N) is 1. The number of amidine groups is 1. The van der Waals surface area contributed by atoms with Crippen LogP contribution in [0.25, 0.3) is 0 Å². The fourth-order valence-corrected chi connectivity index (χ4v) is 4.20. The van der Waals surface area contributed by atoms with E-state index < -0.39 is 0 Å². The van der Waals surface area contributed by atoms with Gasteiger partial charge in [-0.15, -0.1) is 0 Å². The third-order valence-corrected chi connectivity index (χ3v) is 5.34. The summed E-state index contributed by atoms with van der Waals surface area (Å²) in [6.07, 6.45) is 3.79. The van der Waals surface area contributed by atoms with E-state index in [0.29, 0.717) is 10.8 Å². The lowest BCUT2D eigenvalue weighted by Crippen LogP contribution is -2.57. The first kappa shape index (κ1) is 9.69. The average Bonchev–Trinajstić information content (AvgIpc) is 2.92. The largest absolute Gasteiger partial charge is 0.371 e. The minimum Gasteiger partial charge on any atom is -0.371 e. The molecule has 0 unspecified atom stereocenters. The number of aliphatic imine (C=N–C) groups is 1. The van der Waals surface area contributed by atoms with Crippen molar-refractivity contribution in [2.45, 2.75) is 31.6 Å². The summed E-state index contributed by atoms with van der Waals surface area (Å²) in [5.41, 5.74) is 3.75. The Bertz CT molecular complexity index is 519. The van der Waals surface area contributed by atoms with Crippen LogP contribution in [0.3, 0.4) is 0 Å². The number of rotatable bonds is 1. The van der Waals surface area contributed by atoms with Crippen molar-refractivity contribution in [3.8, 4) is 0 Å². The molecule has 1 aliphatic heterocycles. The summed E-state index contributed by atoms with van der Waals surface area (Å²) >= 11 is 0. The van der Waals surface area contributed by atoms with Gasteiger partial charge >= 0.3 is 0 Å². The number of nitrogens with zero attached hydrogens (tertiary/aromatic N) is 1. The van der Waals surface area contributed by atoms with Crippen LogP contribution in [0.1, 0.15) is 30.9 Å². The maximum atomic E-state index is 4.72. The molecular weight excluding hydrogens is 208 g/mol. The number of benzene rings is 1. The molecule has 1 aromatic carbocycles. The molecule has 17 heavy (non-hydrogen) atoms. The van der Waals surface area contributed by atoms with Crippen LogP contribution in [0.2, 0.25) is 0 Å². The normalized spacial score (nSPS) is 37.8. The smallest absolute Gasteiger partial charge is 0.104 e. The highest BCUT2D eigenvalue weighted by Gasteiger charge is 2.64. The average molecular weight is 226 g/mol. The maximum Gasteiger partial charge on any atom is 0.104 e. The highest BCUT2D eigenvalue weighted by Crippen LogP contribution is 2.65. The Balaban J connectivity index is 1.87. The lowest BCUT2D eigenvalue weighted by molar-refractivity contribution is 0.0953. The molecule has 1 fully saturated rings. The van der Waals surface area contributed by atoms with Crippen molar-refractivity contribution >= 4 is 5.84 Å². The number of fused-ring (bicyclic) bond motifs is 3. The lowest BCUT2D eigenvalue weighted by Gasteiger charge is -2.54. The zero-order valence-electron chi connectivity index (χ0n) is 10.3. The van der Waals surface area contributed by atoms with Crippen molar-refractivity contribution < 1.29 is 0 Å². The van der Waals surface area contributed by atoms with Gasteiger partial charge in [-0.1, -0.05) is 31.2 Å². The summed E-state index contributed by atoms with van der Waals surface area (Å²) in [5, 5.41) is 3.53. The van der Waals surface area contributed by atoms with Gasteiger partial charge in [-0.3, -0.25) is 4.99 Å². The number of hydrogen-bond acceptors (Lipinski definition) is 2. The minimum absolute atomic E-state index is 0.299. The first-order chi connectivity index (χ1) is 8.26. The molecule has 2 heteroatoms. The van der Waals surface area contributed by atoms with Gasteiger partial charge in [-0.2, -0.15) is 0 Å². The minimum atomic E-state index is 0.299. The van der Waals surface area contributed by atoms with E-state index >= 15 is 0 Å². The molecule has 88 valence electrons. The summed E-state index contributed by atoms with van der Waals surface area (Å²) in [7, 11) is 0. The summed E-state index contributed by atoms with van der Waals surface area (Å²) in [6, 6.07) is 8.98. The molecule has 3 aliphatic rings. The SMILES string of the molecule is C[C@]12CC[C@@]1(C1=NCCN1)Cc1ccccc12. The van der Waals surface area contributed by atoms with Gasteiger partial charge in [-0.05, 0) is 30.4 Å². The van der Waals surface area contributed by atoms with Crippen LogP contribution in [0.4, 0.5) is 0 Å². The van der Waals surface area contributed by atoms with Crippen molar-refractivity contribution in [1.29, 1.82) is 0 Å². The molecule has 1 aromatic rings. The first-order valence-corrected chi connectivity index (χ1v) is 6.63. The van der Waals surface area contributed by atoms with Gasteiger partial charge < -0.3 is 5.32 Å². The van der Waals surface area contributed by atoms with Crippen LogP contribution >= 0.6 is 0 Å². The van der Waals surface area contributed by atoms with E-state index in [-0.39, 0.29) is 0 Å². The zero-order valence-corrected chi connectivity index (χ0v) is 10.3. The van der Waals surface area contributed by atoms with E-state index in [2.05, 4.69) is 36.5 Å². The predicted molar refractivity (Wildman–Crippen MR) is 69.5 cm³/mol. The quantitative estimate of drug-likeness (QED) is 0.780. The molecule has 2 atom stereocenters. The lowest BCUT2D eigenvalue weighted by atomic mass is 9.50. The van der Waals surface area contributed by atoms with Gasteiger partial charge in [0.1, 0.15) is 5.84 Å². The van der Waals surface area contributed by atoms with E-state index in [9.17, 15) is 0 Å². The monoisotopic (exact) mass is 226 g/mol. The Morgan fingerprint density at radius 3 is 2.82 bits per heavy atom. The van der Waals surface area contributed by atoms with Crippen LogP contribution in [0, 0.1) is 5.41 Å². The molecule has 0 radical (unpaired) electrons. The van der Waals surface area contributed by atoms with Gasteiger partial charge in [0, 0.05) is 17.4 Å². The second-order valence-corrected chi connectivity index (χ2v) is 5.91. The van der Waals surface area contributed by atoms with Crippen molar-refractivity contribution in [2.75, 3.05) is 13.1 Å². The molecule has 0 aromatic heterocycles. The molecule has 4 rings (SSSR count). The molecular formula is C15H18N2. The fourth-order valence-electron chi connectivity index (χ4n) is 4.20. The van der Waals surface area contributed by atoms with Crippen molar-refractivity contribution in [3.63, 3.8) is 0 Å². The Morgan fingerprint density at radius 2 is 2.12 bits per heavy atom. The van der Waals surface area contributed by atoms with E-state index in [4.69, 9.17) is 4.99 Å². The second-order valence-electron chi connectivity index (χ2n) is 5.91. The van der Waals surface area contributed by atoms with Gasteiger partial charge in [0.05, 0.1) is 6.54 Å². The van der Waals surface area contributed by atoms with Gasteiger partial charge in [0.2, 0.25) is 0 Å². The molecule has 0 spiro atoms. The molecule has 2 aliphatic carbocycles. The Labute approximate surface area is 102 Å². The third-order valence-electron chi connectivity index (χ3n) is 5.34. The summed E-state index contributed by atoms with van der Waals surface area (Å²) in [4.78, 5) is 4.72. The van der Waals surface area contributed by atoms with Crippen LogP contribution < -0.4 is 5.32 Å². The van der Waals surface area contributed by atoms with Gasteiger partial charge in [0.15, 0.2) is 0 Å². The van der Waals surface area contributed by atoms with Gasteiger partial charge in [-0.25, -0.2) is 0 Å². The second kappa shape index (κ2) is 2.92. The molecule has 1 N–H and O–H groups in total. The van der Waals surface area contributed by atoms with Crippen molar-refractivity contribution in [3.05, 3.63) is 35.4 Å². The first-order valence-electron chi connectivity index (χ1n) is 6.63. The van der Waals surface area contributed by atoms with E-state index in [1.54, 1.807) is 11.1 Å². The Kier molecular flexibility index (Phi) is 1.67. The molecule has 1 heterocycles. The molecule has 0 bridgehead atoms. The Hall–Kier alpha value is -1.31. The molecule has 1 saturated carbocycles.